The molecule has 1 fully saturated rings. The molecule has 0 saturated heterocycles. The van der Waals surface area contributed by atoms with Gasteiger partial charge in [-0.05, 0) is 30.5 Å². The van der Waals surface area contributed by atoms with Crippen molar-refractivity contribution < 1.29 is 0 Å². The van der Waals surface area contributed by atoms with Crippen molar-refractivity contribution in [3.63, 3.8) is 0 Å². The van der Waals surface area contributed by atoms with Crippen LogP contribution in [0.2, 0.25) is 0 Å². The van der Waals surface area contributed by atoms with E-state index in [0.29, 0.717) is 5.92 Å². The Morgan fingerprint density at radius 2 is 1.94 bits per heavy atom. The number of rotatable bonds is 4. The zero-order valence-corrected chi connectivity index (χ0v) is 9.76. The third kappa shape index (κ3) is 2.64. The predicted octanol–water partition coefficient (Wildman–Crippen LogP) is 3.57. The van der Waals surface area contributed by atoms with Gasteiger partial charge >= 0.3 is 0 Å². The van der Waals surface area contributed by atoms with Gasteiger partial charge in [0.05, 0.1) is 0 Å². The molecule has 3 rings (SSSR count). The van der Waals surface area contributed by atoms with Gasteiger partial charge in [0, 0.05) is 30.0 Å². The quantitative estimate of drug-likeness (QED) is 0.858. The molecule has 0 spiro atoms. The van der Waals surface area contributed by atoms with Crippen LogP contribution in [0.25, 0.3) is 0 Å². The Morgan fingerprint density at radius 3 is 2.71 bits per heavy atom. The van der Waals surface area contributed by atoms with Crippen molar-refractivity contribution in [2.24, 2.45) is 0 Å². The number of aromatic nitrogens is 1. The molecule has 1 saturated carbocycles. The fourth-order valence-corrected chi connectivity index (χ4v) is 1.96. The van der Waals surface area contributed by atoms with E-state index in [4.69, 9.17) is 0 Å². The minimum absolute atomic E-state index is 0.716. The van der Waals surface area contributed by atoms with Crippen molar-refractivity contribution in [1.29, 1.82) is 0 Å². The zero-order valence-electron chi connectivity index (χ0n) is 9.76. The van der Waals surface area contributed by atoms with Crippen molar-refractivity contribution in [2.75, 3.05) is 5.32 Å². The van der Waals surface area contributed by atoms with E-state index in [1.807, 2.05) is 18.3 Å². The lowest BCUT2D eigenvalue weighted by Gasteiger charge is -2.07. The van der Waals surface area contributed by atoms with Crippen LogP contribution in [0.4, 0.5) is 5.69 Å². The second-order valence-corrected chi connectivity index (χ2v) is 4.58. The molecule has 17 heavy (non-hydrogen) atoms. The Labute approximate surface area is 102 Å². The fraction of sp³-hybridized carbons (Fsp3) is 0.267. The maximum absolute atomic E-state index is 4.42. The van der Waals surface area contributed by atoms with Gasteiger partial charge in [-0.25, -0.2) is 0 Å². The zero-order chi connectivity index (χ0) is 11.5. The first kappa shape index (κ1) is 10.3. The van der Waals surface area contributed by atoms with Gasteiger partial charge in [-0.2, -0.15) is 0 Å². The Morgan fingerprint density at radius 1 is 1.12 bits per heavy atom. The van der Waals surface area contributed by atoms with Crippen LogP contribution in [0.1, 0.15) is 30.0 Å². The van der Waals surface area contributed by atoms with Crippen molar-refractivity contribution >= 4 is 5.69 Å². The van der Waals surface area contributed by atoms with Gasteiger partial charge in [0.15, 0.2) is 0 Å². The van der Waals surface area contributed by atoms with Crippen LogP contribution in [0.5, 0.6) is 0 Å². The van der Waals surface area contributed by atoms with Crippen molar-refractivity contribution in [3.8, 4) is 0 Å². The van der Waals surface area contributed by atoms with E-state index in [0.717, 1.165) is 6.54 Å². The second kappa shape index (κ2) is 4.58. The normalized spacial score (nSPS) is 14.6. The highest BCUT2D eigenvalue weighted by Gasteiger charge is 2.24. The van der Waals surface area contributed by atoms with Crippen molar-refractivity contribution in [1.82, 2.24) is 4.98 Å². The highest BCUT2D eigenvalue weighted by Crippen LogP contribution is 2.39. The molecule has 1 heterocycles. The molecule has 0 bridgehead atoms. The summed E-state index contributed by atoms with van der Waals surface area (Å²) >= 11 is 0. The number of pyridine rings is 1. The van der Waals surface area contributed by atoms with Crippen LogP contribution in [-0.4, -0.2) is 4.98 Å². The van der Waals surface area contributed by atoms with Crippen LogP contribution in [0.3, 0.4) is 0 Å². The van der Waals surface area contributed by atoms with Gasteiger partial charge in [-0.1, -0.05) is 30.3 Å². The van der Waals surface area contributed by atoms with Crippen LogP contribution in [-0.2, 0) is 6.54 Å². The third-order valence-electron chi connectivity index (χ3n) is 3.12. The maximum atomic E-state index is 4.42. The first-order valence-electron chi connectivity index (χ1n) is 6.15. The smallest absolute Gasteiger partial charge is 0.0455 e. The summed E-state index contributed by atoms with van der Waals surface area (Å²) in [6.07, 6.45) is 4.51. The van der Waals surface area contributed by atoms with Gasteiger partial charge < -0.3 is 5.32 Å². The maximum Gasteiger partial charge on any atom is 0.0455 e. The van der Waals surface area contributed by atoms with Gasteiger partial charge in [0.2, 0.25) is 0 Å². The largest absolute Gasteiger partial charge is 0.381 e. The predicted molar refractivity (Wildman–Crippen MR) is 70.0 cm³/mol. The molecule has 0 unspecified atom stereocenters. The van der Waals surface area contributed by atoms with Crippen LogP contribution >= 0.6 is 0 Å². The monoisotopic (exact) mass is 224 g/mol. The summed E-state index contributed by atoms with van der Waals surface area (Å²) in [5, 5.41) is 3.44. The molecule has 2 aromatic rings. The Balaban J connectivity index is 1.66. The molecule has 1 N–H and O–H groups in total. The average Bonchev–Trinajstić information content (AvgIpc) is 3.22. The summed E-state index contributed by atoms with van der Waals surface area (Å²) in [5.74, 6) is 0.716. The second-order valence-electron chi connectivity index (χ2n) is 4.58. The summed E-state index contributed by atoms with van der Waals surface area (Å²) in [5.41, 5.74) is 3.71. The van der Waals surface area contributed by atoms with Crippen LogP contribution < -0.4 is 5.32 Å². The number of hydrogen-bond acceptors (Lipinski definition) is 2. The van der Waals surface area contributed by atoms with Gasteiger partial charge in [0.25, 0.3) is 0 Å². The standard InChI is InChI=1S/C15H16N2/c1-2-4-12(5-3-1)11-17-14-8-9-16-15(10-14)13-6-7-13/h1-5,8-10,13H,6-7,11H2,(H,16,17). The molecule has 0 amide bonds. The van der Waals surface area contributed by atoms with E-state index in [1.54, 1.807) is 0 Å². The topological polar surface area (TPSA) is 24.9 Å². The molecule has 86 valence electrons. The van der Waals surface area contributed by atoms with Gasteiger partial charge in [0.1, 0.15) is 0 Å². The van der Waals surface area contributed by atoms with E-state index in [1.165, 1.54) is 29.8 Å². The minimum Gasteiger partial charge on any atom is -0.381 e. The highest BCUT2D eigenvalue weighted by molar-refractivity contribution is 5.45. The van der Waals surface area contributed by atoms with Crippen LogP contribution in [0.15, 0.2) is 48.7 Å². The molecule has 2 nitrogen and oxygen atoms in total. The third-order valence-corrected chi connectivity index (χ3v) is 3.12. The minimum atomic E-state index is 0.716. The molecule has 1 aliphatic rings. The molecule has 1 aliphatic carbocycles. The Kier molecular flexibility index (Phi) is 2.78. The van der Waals surface area contributed by atoms with E-state index in [2.05, 4.69) is 40.6 Å². The lowest BCUT2D eigenvalue weighted by molar-refractivity contribution is 1.02. The number of anilines is 1. The number of nitrogens with zero attached hydrogens (tertiary/aromatic N) is 1. The molecule has 1 aromatic carbocycles. The molecular weight excluding hydrogens is 208 g/mol. The Bertz CT molecular complexity index is 489. The van der Waals surface area contributed by atoms with E-state index in [-0.39, 0.29) is 0 Å². The molecule has 0 aliphatic heterocycles. The molecule has 0 atom stereocenters. The number of nitrogens with one attached hydrogen (secondary N) is 1. The summed E-state index contributed by atoms with van der Waals surface area (Å²) in [7, 11) is 0. The number of benzene rings is 1. The van der Waals surface area contributed by atoms with Gasteiger partial charge in [-0.15, -0.1) is 0 Å². The summed E-state index contributed by atoms with van der Waals surface area (Å²) in [4.78, 5) is 4.42. The first-order valence-corrected chi connectivity index (χ1v) is 6.15. The van der Waals surface area contributed by atoms with E-state index < -0.39 is 0 Å². The van der Waals surface area contributed by atoms with Crippen LogP contribution in [0, 0.1) is 0 Å². The summed E-state index contributed by atoms with van der Waals surface area (Å²) in [6, 6.07) is 14.7. The van der Waals surface area contributed by atoms with Crippen molar-refractivity contribution in [2.45, 2.75) is 25.3 Å². The Hall–Kier alpha value is -1.83. The SMILES string of the molecule is c1ccc(CNc2ccnc(C3CC3)c2)cc1. The lowest BCUT2D eigenvalue weighted by Crippen LogP contribution is -2.00. The average molecular weight is 224 g/mol. The fourth-order valence-electron chi connectivity index (χ4n) is 1.96. The molecule has 2 heteroatoms. The van der Waals surface area contributed by atoms with Crippen molar-refractivity contribution in [3.05, 3.63) is 59.9 Å². The summed E-state index contributed by atoms with van der Waals surface area (Å²) in [6.45, 7) is 0.870. The van der Waals surface area contributed by atoms with E-state index in [9.17, 15) is 0 Å². The lowest BCUT2D eigenvalue weighted by atomic mass is 10.2. The molecule has 0 radical (unpaired) electrons. The number of hydrogen-bond donors (Lipinski definition) is 1. The highest BCUT2D eigenvalue weighted by atomic mass is 14.9. The molecule has 1 aromatic heterocycles. The van der Waals surface area contributed by atoms with E-state index >= 15 is 0 Å². The summed E-state index contributed by atoms with van der Waals surface area (Å²) < 4.78 is 0. The molecular formula is C15H16N2. The van der Waals surface area contributed by atoms with Gasteiger partial charge in [-0.3, -0.25) is 4.98 Å². The first-order chi connectivity index (χ1) is 8.42.